The molecule has 6 aromatic carbocycles. The molecule has 6 aromatic rings. The maximum absolute atomic E-state index is 12.5. The third kappa shape index (κ3) is 6.21. The minimum atomic E-state index is -4.25. The van der Waals surface area contributed by atoms with E-state index >= 15 is 0 Å². The Labute approximate surface area is 274 Å². The Morgan fingerprint density at radius 3 is 1.12 bits per heavy atom. The summed E-state index contributed by atoms with van der Waals surface area (Å²) >= 11 is 0. The topological polar surface area (TPSA) is 240 Å². The van der Waals surface area contributed by atoms with Crippen LogP contribution in [0.25, 0.3) is 32.7 Å². The predicted molar refractivity (Wildman–Crippen MR) is 182 cm³/mol. The van der Waals surface area contributed by atoms with E-state index in [9.17, 15) is 16.8 Å². The molecule has 0 aromatic heterocycles. The number of fused-ring (bicyclic) bond motifs is 2. The highest BCUT2D eigenvalue weighted by Gasteiger charge is 2.22. The summed E-state index contributed by atoms with van der Waals surface area (Å²) in [7, 11) is -8.50. The summed E-state index contributed by atoms with van der Waals surface area (Å²) in [5, 5.41) is 18.5. The molecule has 0 fully saturated rings. The highest BCUT2D eigenvalue weighted by molar-refractivity contribution is 7.87. The van der Waals surface area contributed by atoms with Gasteiger partial charge in [0.15, 0.2) is 0 Å². The highest BCUT2D eigenvalue weighted by atomic mass is 32.2. The van der Waals surface area contributed by atoms with E-state index in [-0.39, 0.29) is 32.5 Å². The van der Waals surface area contributed by atoms with Crippen LogP contribution in [-0.2, 0) is 28.8 Å². The van der Waals surface area contributed by atoms with Crippen LogP contribution in [0.5, 0.6) is 0 Å². The van der Waals surface area contributed by atoms with Gasteiger partial charge in [-0.3, -0.25) is 0 Å². The van der Waals surface area contributed by atoms with Crippen LogP contribution in [0.1, 0.15) is 0 Å². The van der Waals surface area contributed by atoms with Gasteiger partial charge in [0.05, 0.1) is 22.7 Å². The molecule has 0 bridgehead atoms. The van der Waals surface area contributed by atoms with Crippen molar-refractivity contribution < 1.29 is 25.4 Å². The van der Waals surface area contributed by atoms with E-state index in [1.165, 1.54) is 12.1 Å². The van der Waals surface area contributed by atoms with Gasteiger partial charge in [-0.25, -0.2) is 0 Å². The summed E-state index contributed by atoms with van der Waals surface area (Å²) in [5.41, 5.74) is 16.1. The van der Waals surface area contributed by atoms with Gasteiger partial charge in [-0.2, -0.15) is 47.4 Å². The Kier molecular flexibility index (Phi) is 8.67. The summed E-state index contributed by atoms with van der Waals surface area (Å²) in [5.74, 6) is 10.0. The first-order valence-corrected chi connectivity index (χ1v) is 16.8. The molecule has 0 atom stereocenters. The number of azo groups is 2. The number of nitrogen functional groups attached to an aromatic ring is 2. The van der Waals surface area contributed by atoms with Gasteiger partial charge in [-0.15, -0.1) is 10.2 Å². The lowest BCUT2D eigenvalue weighted by atomic mass is 10.1. The van der Waals surface area contributed by atoms with Crippen LogP contribution in [0.4, 0.5) is 34.1 Å². The monoisotopic (exact) mass is 682 g/mol. The number of hydrogen-bond acceptors (Lipinski definition) is 14. The molecule has 48 heavy (non-hydrogen) atoms. The first kappa shape index (κ1) is 32.3. The minimum Gasteiger partial charge on any atom is -0.396 e. The first-order valence-electron chi connectivity index (χ1n) is 14.0. The van der Waals surface area contributed by atoms with Crippen LogP contribution in [0.15, 0.2) is 139 Å². The second-order valence-electron chi connectivity index (χ2n) is 10.3. The van der Waals surface area contributed by atoms with Crippen molar-refractivity contribution in [2.45, 2.75) is 9.79 Å². The highest BCUT2D eigenvalue weighted by Crippen LogP contribution is 2.39. The zero-order valence-corrected chi connectivity index (χ0v) is 26.4. The third-order valence-electron chi connectivity index (χ3n) is 7.46. The van der Waals surface area contributed by atoms with Crippen molar-refractivity contribution >= 4 is 75.9 Å². The van der Waals surface area contributed by atoms with Gasteiger partial charge < -0.3 is 11.5 Å². The van der Waals surface area contributed by atoms with Gasteiger partial charge in [0.2, 0.25) is 0 Å². The molecule has 0 saturated heterocycles. The van der Waals surface area contributed by atoms with Crippen molar-refractivity contribution in [3.63, 3.8) is 0 Å². The molecule has 16 heteroatoms. The maximum atomic E-state index is 12.5. The average Bonchev–Trinajstić information content (AvgIpc) is 3.11. The molecule has 0 heterocycles. The van der Waals surface area contributed by atoms with E-state index < -0.39 is 20.2 Å². The number of hydrogen-bond donors (Lipinski definition) is 4. The summed E-state index contributed by atoms with van der Waals surface area (Å²) in [6.45, 7) is 0. The lowest BCUT2D eigenvalue weighted by molar-refractivity contribution is 0.332. The van der Waals surface area contributed by atoms with Gasteiger partial charge in [0, 0.05) is 21.5 Å². The largest absolute Gasteiger partial charge is 0.396 e. The molecule has 6 rings (SSSR count). The predicted octanol–water partition coefficient (Wildman–Crippen LogP) is 6.81. The molecule has 0 unspecified atom stereocenters. The molecule has 0 saturated carbocycles. The zero-order chi connectivity index (χ0) is 34.1. The number of benzene rings is 6. The molecule has 14 nitrogen and oxygen atoms in total. The molecule has 0 aliphatic rings. The average molecular weight is 683 g/mol. The Balaban J connectivity index is 1.23. The lowest BCUT2D eigenvalue weighted by Crippen LogP contribution is -2.12. The third-order valence-corrected chi connectivity index (χ3v) is 9.72. The van der Waals surface area contributed by atoms with Crippen LogP contribution in [0.3, 0.4) is 0 Å². The van der Waals surface area contributed by atoms with Gasteiger partial charge in [-0.05, 0) is 47.5 Å². The Hall–Kier alpha value is -5.62. The second kappa shape index (κ2) is 12.9. The van der Waals surface area contributed by atoms with E-state index in [2.05, 4.69) is 29.0 Å². The van der Waals surface area contributed by atoms with Gasteiger partial charge >= 0.3 is 20.2 Å². The van der Waals surface area contributed by atoms with E-state index in [1.54, 1.807) is 72.8 Å². The Bertz CT molecular complexity index is 2300. The molecule has 0 aliphatic heterocycles. The number of anilines is 2. The second-order valence-corrected chi connectivity index (χ2v) is 13.4. The molecular formula is C32H26N8O6S2. The minimum absolute atomic E-state index is 0.133. The standard InChI is InChI=1S/C32H26N8O6S2/c33-31-25-7-3-1-5-23(25)29(47(41,42)45-35)17-27(31)39-37-21-13-9-19(10-14-21)20-11-15-22(16-12-20)38-40-28-18-30(48(43,44)46-36)24-6-2-4-8-26(24)32(28)34/h1-18H,33-36H2/b39-37+,40-38+. The van der Waals surface area contributed by atoms with E-state index in [1.807, 2.05) is 24.3 Å². The fourth-order valence-corrected chi connectivity index (χ4v) is 6.66. The van der Waals surface area contributed by atoms with E-state index in [0.29, 0.717) is 32.9 Å². The van der Waals surface area contributed by atoms with Crippen molar-refractivity contribution in [2.75, 3.05) is 11.5 Å². The fourth-order valence-electron chi connectivity index (χ4n) is 5.05. The first-order chi connectivity index (χ1) is 23.0. The molecule has 0 radical (unpaired) electrons. The van der Waals surface area contributed by atoms with Crippen molar-refractivity contribution in [3.8, 4) is 11.1 Å². The lowest BCUT2D eigenvalue weighted by Gasteiger charge is -2.10. The molecule has 8 N–H and O–H groups in total. The van der Waals surface area contributed by atoms with E-state index in [4.69, 9.17) is 23.3 Å². The van der Waals surface area contributed by atoms with Crippen molar-refractivity contribution in [1.29, 1.82) is 0 Å². The van der Waals surface area contributed by atoms with Crippen molar-refractivity contribution in [3.05, 3.63) is 109 Å². The summed E-state index contributed by atoms with van der Waals surface area (Å²) < 4.78 is 58.3. The molecule has 242 valence electrons. The van der Waals surface area contributed by atoms with Crippen LogP contribution < -0.4 is 23.3 Å². The number of nitrogens with two attached hydrogens (primary N) is 4. The molecule has 0 spiro atoms. The smallest absolute Gasteiger partial charge is 0.313 e. The molecule has 0 aliphatic carbocycles. The van der Waals surface area contributed by atoms with Crippen molar-refractivity contribution in [2.24, 2.45) is 32.3 Å². The Morgan fingerprint density at radius 2 is 0.792 bits per heavy atom. The normalized spacial score (nSPS) is 12.5. The van der Waals surface area contributed by atoms with Crippen LogP contribution in [0.2, 0.25) is 0 Å². The fraction of sp³-hybridized carbons (Fsp3) is 0. The van der Waals surface area contributed by atoms with Crippen LogP contribution in [0, 0.1) is 0 Å². The van der Waals surface area contributed by atoms with Gasteiger partial charge in [0.25, 0.3) is 0 Å². The van der Waals surface area contributed by atoms with Crippen LogP contribution >= 0.6 is 0 Å². The Morgan fingerprint density at radius 1 is 0.458 bits per heavy atom. The SMILES string of the molecule is NOS(=O)(=O)c1cc(/N=N/c2ccc(-c3ccc(/N=N/c4cc(S(=O)(=O)ON)c5ccccc5c4N)cc3)cc2)c(N)c2ccccc12. The summed E-state index contributed by atoms with van der Waals surface area (Å²) in [4.78, 5) is -0.358. The van der Waals surface area contributed by atoms with Gasteiger partial charge in [-0.1, -0.05) is 72.8 Å². The molecule has 0 amide bonds. The number of nitrogens with zero attached hydrogens (tertiary/aromatic N) is 4. The quantitative estimate of drug-likeness (QED) is 0.0705. The summed E-state index contributed by atoms with van der Waals surface area (Å²) in [6, 6.07) is 30.1. The number of rotatable bonds is 9. The van der Waals surface area contributed by atoms with Gasteiger partial charge in [0.1, 0.15) is 21.2 Å². The van der Waals surface area contributed by atoms with Crippen LogP contribution in [-0.4, -0.2) is 16.8 Å². The summed E-state index contributed by atoms with van der Waals surface area (Å²) in [6.07, 6.45) is 0. The zero-order valence-electron chi connectivity index (χ0n) is 24.8. The molecular weight excluding hydrogens is 657 g/mol. The maximum Gasteiger partial charge on any atom is 0.313 e. The van der Waals surface area contributed by atoms with E-state index in [0.717, 1.165) is 11.1 Å². The van der Waals surface area contributed by atoms with Crippen molar-refractivity contribution in [1.82, 2.24) is 0 Å².